The van der Waals surface area contributed by atoms with Crippen LogP contribution in [-0.4, -0.2) is 56.7 Å². The van der Waals surface area contributed by atoms with Gasteiger partial charge in [-0.25, -0.2) is 9.97 Å². The van der Waals surface area contributed by atoms with Gasteiger partial charge in [-0.2, -0.15) is 5.10 Å². The van der Waals surface area contributed by atoms with Crippen LogP contribution in [0, 0.1) is 6.92 Å². The highest BCUT2D eigenvalue weighted by molar-refractivity contribution is 5.95. The molecule has 1 aliphatic heterocycles. The molecule has 0 atom stereocenters. The van der Waals surface area contributed by atoms with E-state index in [-0.39, 0.29) is 11.8 Å². The Kier molecular flexibility index (Phi) is 6.16. The molecule has 166 valence electrons. The maximum atomic E-state index is 13.2. The number of carbonyl (C=O) groups is 2. The van der Waals surface area contributed by atoms with Crippen molar-refractivity contribution in [2.45, 2.75) is 32.2 Å². The minimum absolute atomic E-state index is 0.00556. The van der Waals surface area contributed by atoms with Gasteiger partial charge in [0.15, 0.2) is 0 Å². The van der Waals surface area contributed by atoms with E-state index in [9.17, 15) is 9.59 Å². The molecule has 32 heavy (non-hydrogen) atoms. The molecule has 1 fully saturated rings. The van der Waals surface area contributed by atoms with E-state index in [0.717, 1.165) is 24.2 Å². The van der Waals surface area contributed by atoms with Crippen molar-refractivity contribution in [3.8, 4) is 5.75 Å². The molecule has 9 nitrogen and oxygen atoms in total. The Morgan fingerprint density at radius 2 is 2.03 bits per heavy atom. The SMILES string of the molecule is COc1ccc(C(=O)N2CCC(c3ncc(C(N)=O)c(C)n3)CC2)cc1Cn1cccn1. The third-order valence-corrected chi connectivity index (χ3v) is 5.83. The molecule has 0 saturated carbocycles. The predicted octanol–water partition coefficient (Wildman–Crippen LogP) is 2.16. The molecule has 1 saturated heterocycles. The van der Waals surface area contributed by atoms with E-state index < -0.39 is 5.91 Å². The molecular weight excluding hydrogens is 408 g/mol. The highest BCUT2D eigenvalue weighted by Gasteiger charge is 2.27. The molecule has 3 aromatic rings. The molecule has 3 heterocycles. The minimum Gasteiger partial charge on any atom is -0.496 e. The zero-order chi connectivity index (χ0) is 22.7. The van der Waals surface area contributed by atoms with Crippen molar-refractivity contribution in [2.24, 2.45) is 5.73 Å². The molecule has 2 N–H and O–H groups in total. The van der Waals surface area contributed by atoms with Crippen LogP contribution in [0.1, 0.15) is 56.6 Å². The Morgan fingerprint density at radius 1 is 1.25 bits per heavy atom. The van der Waals surface area contributed by atoms with Gasteiger partial charge < -0.3 is 15.4 Å². The number of nitrogens with zero attached hydrogens (tertiary/aromatic N) is 5. The van der Waals surface area contributed by atoms with Crippen LogP contribution in [0.5, 0.6) is 5.75 Å². The topological polar surface area (TPSA) is 116 Å². The number of likely N-dealkylation sites (tertiary alicyclic amines) is 1. The number of ether oxygens (including phenoxy) is 1. The number of benzene rings is 1. The van der Waals surface area contributed by atoms with Crippen LogP contribution in [-0.2, 0) is 6.54 Å². The third kappa shape index (κ3) is 4.46. The van der Waals surface area contributed by atoms with Crippen LogP contribution in [0.4, 0.5) is 0 Å². The van der Waals surface area contributed by atoms with E-state index >= 15 is 0 Å². The maximum Gasteiger partial charge on any atom is 0.253 e. The number of nitrogens with two attached hydrogens (primary N) is 1. The van der Waals surface area contributed by atoms with Gasteiger partial charge in [-0.3, -0.25) is 14.3 Å². The lowest BCUT2D eigenvalue weighted by Crippen LogP contribution is -2.38. The van der Waals surface area contributed by atoms with Crippen molar-refractivity contribution in [3.63, 3.8) is 0 Å². The number of hydrogen-bond donors (Lipinski definition) is 1. The first kappa shape index (κ1) is 21.5. The maximum absolute atomic E-state index is 13.2. The van der Waals surface area contributed by atoms with E-state index in [0.29, 0.717) is 42.3 Å². The van der Waals surface area contributed by atoms with Gasteiger partial charge >= 0.3 is 0 Å². The Morgan fingerprint density at radius 3 is 2.66 bits per heavy atom. The molecule has 1 aliphatic rings. The first-order chi connectivity index (χ1) is 15.5. The third-order valence-electron chi connectivity index (χ3n) is 5.83. The summed E-state index contributed by atoms with van der Waals surface area (Å²) >= 11 is 0. The molecule has 0 spiro atoms. The van der Waals surface area contributed by atoms with Crippen LogP contribution < -0.4 is 10.5 Å². The van der Waals surface area contributed by atoms with Crippen molar-refractivity contribution in [3.05, 3.63) is 71.1 Å². The first-order valence-electron chi connectivity index (χ1n) is 10.5. The fourth-order valence-electron chi connectivity index (χ4n) is 4.05. The summed E-state index contributed by atoms with van der Waals surface area (Å²) in [6, 6.07) is 7.37. The molecule has 2 amide bonds. The Hall–Kier alpha value is -3.75. The summed E-state index contributed by atoms with van der Waals surface area (Å²) in [7, 11) is 1.62. The minimum atomic E-state index is -0.527. The fourth-order valence-corrected chi connectivity index (χ4v) is 4.05. The summed E-state index contributed by atoms with van der Waals surface area (Å²) in [5.41, 5.74) is 7.79. The van der Waals surface area contributed by atoms with Crippen LogP contribution in [0.25, 0.3) is 0 Å². The van der Waals surface area contributed by atoms with E-state index in [1.807, 2.05) is 29.3 Å². The molecule has 2 aromatic heterocycles. The van der Waals surface area contributed by atoms with Gasteiger partial charge in [0.25, 0.3) is 11.8 Å². The zero-order valence-corrected chi connectivity index (χ0v) is 18.2. The van der Waals surface area contributed by atoms with Gasteiger partial charge in [0.05, 0.1) is 24.9 Å². The van der Waals surface area contributed by atoms with Gasteiger partial charge in [0.2, 0.25) is 0 Å². The van der Waals surface area contributed by atoms with Crippen molar-refractivity contribution < 1.29 is 14.3 Å². The summed E-state index contributed by atoms with van der Waals surface area (Å²) in [5.74, 6) is 1.04. The van der Waals surface area contributed by atoms with Crippen molar-refractivity contribution in [1.82, 2.24) is 24.6 Å². The van der Waals surface area contributed by atoms with Gasteiger partial charge in [-0.05, 0) is 44.0 Å². The summed E-state index contributed by atoms with van der Waals surface area (Å²) in [4.78, 5) is 35.2. The lowest BCUT2D eigenvalue weighted by Gasteiger charge is -2.31. The van der Waals surface area contributed by atoms with Crippen LogP contribution in [0.3, 0.4) is 0 Å². The highest BCUT2D eigenvalue weighted by atomic mass is 16.5. The number of rotatable bonds is 6. The average molecular weight is 435 g/mol. The Labute approximate surface area is 186 Å². The largest absolute Gasteiger partial charge is 0.496 e. The van der Waals surface area contributed by atoms with Crippen molar-refractivity contribution in [1.29, 1.82) is 0 Å². The Balaban J connectivity index is 1.44. The van der Waals surface area contributed by atoms with E-state index in [1.54, 1.807) is 31.0 Å². The van der Waals surface area contributed by atoms with E-state index in [2.05, 4.69) is 15.1 Å². The lowest BCUT2D eigenvalue weighted by atomic mass is 9.95. The highest BCUT2D eigenvalue weighted by Crippen LogP contribution is 2.28. The van der Waals surface area contributed by atoms with Crippen molar-refractivity contribution in [2.75, 3.05) is 20.2 Å². The molecule has 4 rings (SSSR count). The van der Waals surface area contributed by atoms with Crippen LogP contribution in [0.15, 0.2) is 42.9 Å². The second-order valence-corrected chi connectivity index (χ2v) is 7.89. The summed E-state index contributed by atoms with van der Waals surface area (Å²) in [6.45, 7) is 3.51. The van der Waals surface area contributed by atoms with Gasteiger partial charge in [-0.1, -0.05) is 0 Å². The van der Waals surface area contributed by atoms with Gasteiger partial charge in [0.1, 0.15) is 11.6 Å². The number of aromatic nitrogens is 4. The van der Waals surface area contributed by atoms with E-state index in [4.69, 9.17) is 10.5 Å². The number of amides is 2. The van der Waals surface area contributed by atoms with Gasteiger partial charge in [0, 0.05) is 48.7 Å². The number of piperidine rings is 1. The molecular formula is C23H26N6O3. The average Bonchev–Trinajstić information content (AvgIpc) is 3.31. The molecule has 1 aromatic carbocycles. The predicted molar refractivity (Wildman–Crippen MR) is 117 cm³/mol. The molecule has 0 radical (unpaired) electrons. The van der Waals surface area contributed by atoms with Crippen LogP contribution >= 0.6 is 0 Å². The summed E-state index contributed by atoms with van der Waals surface area (Å²) < 4.78 is 7.26. The fraction of sp³-hybridized carbons (Fsp3) is 0.348. The number of carbonyl (C=O) groups excluding carboxylic acids is 2. The monoisotopic (exact) mass is 434 g/mol. The van der Waals surface area contributed by atoms with Gasteiger partial charge in [-0.15, -0.1) is 0 Å². The quantitative estimate of drug-likeness (QED) is 0.635. The first-order valence-corrected chi connectivity index (χ1v) is 10.5. The zero-order valence-electron chi connectivity index (χ0n) is 18.2. The van der Waals surface area contributed by atoms with Crippen LogP contribution in [0.2, 0.25) is 0 Å². The lowest BCUT2D eigenvalue weighted by molar-refractivity contribution is 0.0710. The number of primary amides is 1. The summed E-state index contributed by atoms with van der Waals surface area (Å²) in [6.07, 6.45) is 6.61. The molecule has 0 unspecified atom stereocenters. The smallest absolute Gasteiger partial charge is 0.253 e. The molecule has 0 bridgehead atoms. The number of aryl methyl sites for hydroxylation is 1. The standard InChI is InChI=1S/C23H26N6O3/c1-15-19(21(24)30)13-25-22(27-15)16-6-10-28(11-7-16)23(31)17-4-5-20(32-2)18(12-17)14-29-9-3-8-26-29/h3-5,8-9,12-13,16H,6-7,10-11,14H2,1-2H3,(H2,24,30). The number of hydrogen-bond acceptors (Lipinski definition) is 6. The molecule has 9 heteroatoms. The second-order valence-electron chi connectivity index (χ2n) is 7.89. The molecule has 0 aliphatic carbocycles. The normalized spacial score (nSPS) is 14.4. The van der Waals surface area contributed by atoms with Crippen molar-refractivity contribution >= 4 is 11.8 Å². The van der Waals surface area contributed by atoms with E-state index in [1.165, 1.54) is 6.20 Å². The number of methoxy groups -OCH3 is 1. The Bertz CT molecular complexity index is 1120. The second kappa shape index (κ2) is 9.17. The summed E-state index contributed by atoms with van der Waals surface area (Å²) in [5, 5.41) is 4.24.